The smallest absolute Gasteiger partial charge is 0.0372 e. The molecule has 1 unspecified atom stereocenters. The average Bonchev–Trinajstić information content (AvgIpc) is 2.83. The number of benzene rings is 1. The van der Waals surface area contributed by atoms with E-state index in [1.165, 1.54) is 42.7 Å². The highest BCUT2D eigenvalue weighted by Crippen LogP contribution is 2.27. The van der Waals surface area contributed by atoms with Gasteiger partial charge in [0.1, 0.15) is 0 Å². The number of hydrogen-bond donors (Lipinski definition) is 2. The summed E-state index contributed by atoms with van der Waals surface area (Å²) in [5, 5.41) is 7.06. The molecule has 2 nitrogen and oxygen atoms in total. The highest BCUT2D eigenvalue weighted by atomic mass is 14.9. The summed E-state index contributed by atoms with van der Waals surface area (Å²) in [6.45, 7) is 12.5. The van der Waals surface area contributed by atoms with Crippen LogP contribution in [0.5, 0.6) is 0 Å². The maximum atomic E-state index is 3.62. The molecule has 1 fully saturated rings. The van der Waals surface area contributed by atoms with E-state index in [4.69, 9.17) is 0 Å². The molecule has 2 N–H and O–H groups in total. The molecule has 0 aliphatic carbocycles. The Labute approximate surface area is 118 Å². The van der Waals surface area contributed by atoms with Gasteiger partial charge < -0.3 is 10.6 Å². The molecule has 1 aromatic rings. The van der Waals surface area contributed by atoms with Gasteiger partial charge in [0.25, 0.3) is 0 Å². The molecule has 1 saturated heterocycles. The quantitative estimate of drug-likeness (QED) is 0.862. The predicted octanol–water partition coefficient (Wildman–Crippen LogP) is 3.70. The van der Waals surface area contributed by atoms with E-state index in [0.29, 0.717) is 0 Å². The van der Waals surface area contributed by atoms with Gasteiger partial charge in [0.2, 0.25) is 0 Å². The van der Waals surface area contributed by atoms with E-state index < -0.39 is 0 Å². The van der Waals surface area contributed by atoms with Crippen molar-refractivity contribution in [2.75, 3.05) is 25.0 Å². The summed E-state index contributed by atoms with van der Waals surface area (Å²) in [5.41, 5.74) is 4.28. The van der Waals surface area contributed by atoms with Gasteiger partial charge in [-0.15, -0.1) is 0 Å². The molecular formula is C17H28N2. The molecule has 0 saturated carbocycles. The maximum Gasteiger partial charge on any atom is 0.0372 e. The van der Waals surface area contributed by atoms with E-state index in [1.54, 1.807) is 0 Å². The Hall–Kier alpha value is -1.02. The summed E-state index contributed by atoms with van der Waals surface area (Å²) in [6, 6.07) is 6.81. The zero-order chi connectivity index (χ0) is 13.9. The third kappa shape index (κ3) is 3.97. The second-order valence-electron chi connectivity index (χ2n) is 6.85. The average molecular weight is 260 g/mol. The van der Waals surface area contributed by atoms with Crippen LogP contribution in [-0.4, -0.2) is 19.6 Å². The van der Waals surface area contributed by atoms with Gasteiger partial charge in [-0.2, -0.15) is 0 Å². The minimum absolute atomic E-state index is 0.222. The van der Waals surface area contributed by atoms with E-state index in [1.807, 2.05) is 0 Å². The maximum absolute atomic E-state index is 3.62. The first kappa shape index (κ1) is 14.4. The molecule has 2 rings (SSSR count). The van der Waals surface area contributed by atoms with E-state index >= 15 is 0 Å². The minimum atomic E-state index is 0.222. The second kappa shape index (κ2) is 5.96. The van der Waals surface area contributed by atoms with Gasteiger partial charge in [0.05, 0.1) is 0 Å². The van der Waals surface area contributed by atoms with Crippen molar-refractivity contribution in [2.45, 2.75) is 46.0 Å². The summed E-state index contributed by atoms with van der Waals surface area (Å²) in [5.74, 6) is 0.860. The summed E-state index contributed by atoms with van der Waals surface area (Å²) in [6.07, 6.45) is 2.61. The molecular weight excluding hydrogens is 232 g/mol. The molecule has 0 amide bonds. The Morgan fingerprint density at radius 1 is 1.32 bits per heavy atom. The predicted molar refractivity (Wildman–Crippen MR) is 84.0 cm³/mol. The molecule has 0 aromatic heterocycles. The van der Waals surface area contributed by atoms with E-state index in [2.05, 4.69) is 56.5 Å². The highest BCUT2D eigenvalue weighted by Gasteiger charge is 2.16. The lowest BCUT2D eigenvalue weighted by Crippen LogP contribution is -2.14. The van der Waals surface area contributed by atoms with Crippen LogP contribution < -0.4 is 10.6 Å². The minimum Gasteiger partial charge on any atom is -0.385 e. The fraction of sp³-hybridized carbons (Fsp3) is 0.647. The molecule has 1 atom stereocenters. The van der Waals surface area contributed by atoms with E-state index in [-0.39, 0.29) is 5.41 Å². The first-order chi connectivity index (χ1) is 8.97. The van der Waals surface area contributed by atoms with Gasteiger partial charge in [0.15, 0.2) is 0 Å². The molecule has 19 heavy (non-hydrogen) atoms. The van der Waals surface area contributed by atoms with Crippen molar-refractivity contribution in [3.63, 3.8) is 0 Å². The van der Waals surface area contributed by atoms with Gasteiger partial charge >= 0.3 is 0 Å². The van der Waals surface area contributed by atoms with E-state index in [9.17, 15) is 0 Å². The molecule has 106 valence electrons. The van der Waals surface area contributed by atoms with Crippen LogP contribution in [0, 0.1) is 12.8 Å². The standard InChI is InChI=1S/C17H28N2/c1-13-5-6-15(17(2,3)4)11-16(13)19-10-8-14-7-9-18-12-14/h5-6,11,14,18-19H,7-10,12H2,1-4H3. The van der Waals surface area contributed by atoms with Crippen LogP contribution in [0.2, 0.25) is 0 Å². The summed E-state index contributed by atoms with van der Waals surface area (Å²) < 4.78 is 0. The number of hydrogen-bond acceptors (Lipinski definition) is 2. The number of anilines is 1. The Morgan fingerprint density at radius 3 is 2.74 bits per heavy atom. The van der Waals surface area contributed by atoms with Crippen LogP contribution in [0.15, 0.2) is 18.2 Å². The number of nitrogens with one attached hydrogen (secondary N) is 2. The van der Waals surface area contributed by atoms with Gasteiger partial charge in [0, 0.05) is 12.2 Å². The van der Waals surface area contributed by atoms with Crippen LogP contribution in [0.3, 0.4) is 0 Å². The summed E-state index contributed by atoms with van der Waals surface area (Å²) in [4.78, 5) is 0. The third-order valence-corrected chi connectivity index (χ3v) is 4.13. The molecule has 0 bridgehead atoms. The Kier molecular flexibility index (Phi) is 4.51. The lowest BCUT2D eigenvalue weighted by molar-refractivity contribution is 0.549. The third-order valence-electron chi connectivity index (χ3n) is 4.13. The molecule has 1 aliphatic heterocycles. The Balaban J connectivity index is 1.94. The van der Waals surface area contributed by atoms with Crippen molar-refractivity contribution in [1.82, 2.24) is 5.32 Å². The van der Waals surface area contributed by atoms with Gasteiger partial charge in [-0.05, 0) is 61.4 Å². The molecule has 1 heterocycles. The van der Waals surface area contributed by atoms with Gasteiger partial charge in [-0.1, -0.05) is 32.9 Å². The monoisotopic (exact) mass is 260 g/mol. The Bertz CT molecular complexity index is 412. The topological polar surface area (TPSA) is 24.1 Å². The molecule has 0 radical (unpaired) electrons. The Morgan fingerprint density at radius 2 is 2.11 bits per heavy atom. The van der Waals surface area contributed by atoms with Crippen molar-refractivity contribution >= 4 is 5.69 Å². The molecule has 0 spiro atoms. The zero-order valence-electron chi connectivity index (χ0n) is 12.8. The summed E-state index contributed by atoms with van der Waals surface area (Å²) in [7, 11) is 0. The van der Waals surface area contributed by atoms with E-state index in [0.717, 1.165) is 12.5 Å². The van der Waals surface area contributed by atoms with Gasteiger partial charge in [-0.3, -0.25) is 0 Å². The van der Waals surface area contributed by atoms with Gasteiger partial charge in [-0.25, -0.2) is 0 Å². The largest absolute Gasteiger partial charge is 0.385 e. The SMILES string of the molecule is Cc1ccc(C(C)(C)C)cc1NCCC1CCNC1. The first-order valence-corrected chi connectivity index (χ1v) is 7.52. The van der Waals surface area contributed by atoms with Crippen molar-refractivity contribution < 1.29 is 0 Å². The lowest BCUT2D eigenvalue weighted by atomic mass is 9.86. The fourth-order valence-corrected chi connectivity index (χ4v) is 2.65. The van der Waals surface area contributed by atoms with Crippen molar-refractivity contribution in [2.24, 2.45) is 5.92 Å². The first-order valence-electron chi connectivity index (χ1n) is 7.52. The van der Waals surface area contributed by atoms with Crippen LogP contribution in [0.1, 0.15) is 44.7 Å². The van der Waals surface area contributed by atoms with Crippen LogP contribution in [0.25, 0.3) is 0 Å². The molecule has 2 heteroatoms. The normalized spacial score (nSPS) is 19.7. The second-order valence-corrected chi connectivity index (χ2v) is 6.85. The van der Waals surface area contributed by atoms with Crippen LogP contribution >= 0.6 is 0 Å². The number of rotatable bonds is 4. The van der Waals surface area contributed by atoms with Crippen molar-refractivity contribution in [3.8, 4) is 0 Å². The lowest BCUT2D eigenvalue weighted by Gasteiger charge is -2.21. The van der Waals surface area contributed by atoms with Crippen molar-refractivity contribution in [1.29, 1.82) is 0 Å². The van der Waals surface area contributed by atoms with Crippen molar-refractivity contribution in [3.05, 3.63) is 29.3 Å². The zero-order valence-corrected chi connectivity index (χ0v) is 12.8. The molecule has 1 aromatic carbocycles. The molecule has 1 aliphatic rings. The van der Waals surface area contributed by atoms with Crippen LogP contribution in [-0.2, 0) is 5.41 Å². The summed E-state index contributed by atoms with van der Waals surface area (Å²) >= 11 is 0. The highest BCUT2D eigenvalue weighted by molar-refractivity contribution is 5.53. The van der Waals surface area contributed by atoms with Crippen LogP contribution in [0.4, 0.5) is 5.69 Å². The number of aryl methyl sites for hydroxylation is 1. The fourth-order valence-electron chi connectivity index (χ4n) is 2.65.